The first-order chi connectivity index (χ1) is 12.2. The minimum Gasteiger partial charge on any atom is -0.444 e. The van der Waals surface area contributed by atoms with E-state index in [2.05, 4.69) is 20.6 Å². The second-order valence-electron chi connectivity index (χ2n) is 6.38. The lowest BCUT2D eigenvalue weighted by atomic mass is 9.96. The Bertz CT molecular complexity index is 696. The Hall–Kier alpha value is -1.64. The lowest BCUT2D eigenvalue weighted by molar-refractivity contribution is 0.410. The van der Waals surface area contributed by atoms with Gasteiger partial charge in [-0.15, -0.1) is 24.0 Å². The van der Waals surface area contributed by atoms with Crippen LogP contribution in [0, 0.1) is 5.82 Å². The fourth-order valence-electron chi connectivity index (χ4n) is 3.09. The third-order valence-electron chi connectivity index (χ3n) is 4.49. The van der Waals surface area contributed by atoms with Crippen molar-refractivity contribution in [3.05, 3.63) is 42.0 Å². The topological polar surface area (TPSA) is 62.5 Å². The Morgan fingerprint density at radius 3 is 2.65 bits per heavy atom. The van der Waals surface area contributed by atoms with Crippen molar-refractivity contribution in [2.45, 2.75) is 44.6 Å². The summed E-state index contributed by atoms with van der Waals surface area (Å²) in [5.74, 6) is 1.09. The summed E-state index contributed by atoms with van der Waals surface area (Å²) in [5, 5.41) is 6.82. The number of rotatable bonds is 5. The minimum absolute atomic E-state index is 0. The van der Waals surface area contributed by atoms with Gasteiger partial charge in [-0.2, -0.15) is 0 Å². The average Bonchev–Trinajstić information content (AvgIpc) is 3.11. The van der Waals surface area contributed by atoms with Gasteiger partial charge in [-0.05, 0) is 37.1 Å². The van der Waals surface area contributed by atoms with Crippen molar-refractivity contribution < 1.29 is 8.81 Å². The molecule has 0 unspecified atom stereocenters. The average molecular weight is 472 g/mol. The lowest BCUT2D eigenvalue weighted by Gasteiger charge is -2.24. The van der Waals surface area contributed by atoms with Crippen LogP contribution >= 0.6 is 24.0 Å². The van der Waals surface area contributed by atoms with E-state index in [1.54, 1.807) is 25.4 Å². The molecule has 3 rings (SSSR count). The lowest BCUT2D eigenvalue weighted by Crippen LogP contribution is -2.44. The quantitative estimate of drug-likeness (QED) is 0.390. The highest BCUT2D eigenvalue weighted by Gasteiger charge is 2.14. The normalized spacial score (nSPS) is 15.4. The van der Waals surface area contributed by atoms with Gasteiger partial charge in [0.05, 0.1) is 5.69 Å². The molecule has 0 atom stereocenters. The first kappa shape index (κ1) is 20.7. The number of hydrogen-bond donors (Lipinski definition) is 2. The summed E-state index contributed by atoms with van der Waals surface area (Å²) in [5.41, 5.74) is 1.63. The summed E-state index contributed by atoms with van der Waals surface area (Å²) in [6.07, 6.45) is 8.73. The molecule has 0 spiro atoms. The summed E-state index contributed by atoms with van der Waals surface area (Å²) in [6.45, 7) is 0.724. The number of hydrogen-bond acceptors (Lipinski definition) is 3. The van der Waals surface area contributed by atoms with Crippen molar-refractivity contribution in [3.8, 4) is 11.5 Å². The van der Waals surface area contributed by atoms with Crippen LogP contribution in [0.2, 0.25) is 0 Å². The molecular formula is C19H26FIN4O. The van der Waals surface area contributed by atoms with Gasteiger partial charge in [0.2, 0.25) is 5.89 Å². The minimum atomic E-state index is -0.267. The van der Waals surface area contributed by atoms with E-state index in [0.717, 1.165) is 30.2 Å². The maximum Gasteiger partial charge on any atom is 0.226 e. The summed E-state index contributed by atoms with van der Waals surface area (Å²) >= 11 is 0. The first-order valence-electron chi connectivity index (χ1n) is 8.92. The molecule has 26 heavy (non-hydrogen) atoms. The summed E-state index contributed by atoms with van der Waals surface area (Å²) in [7, 11) is 1.79. The van der Waals surface area contributed by atoms with Crippen LogP contribution in [0.4, 0.5) is 4.39 Å². The zero-order chi connectivity index (χ0) is 17.5. The third-order valence-corrected chi connectivity index (χ3v) is 4.49. The molecule has 0 aliphatic heterocycles. The van der Waals surface area contributed by atoms with Gasteiger partial charge in [0.25, 0.3) is 0 Å². The molecule has 7 heteroatoms. The van der Waals surface area contributed by atoms with E-state index in [9.17, 15) is 4.39 Å². The van der Waals surface area contributed by atoms with Crippen LogP contribution in [-0.4, -0.2) is 30.6 Å². The molecule has 2 aromatic rings. The van der Waals surface area contributed by atoms with Gasteiger partial charge in [-0.1, -0.05) is 19.3 Å². The fourth-order valence-corrected chi connectivity index (χ4v) is 3.09. The molecule has 1 heterocycles. The van der Waals surface area contributed by atoms with Crippen LogP contribution in [0.1, 0.15) is 37.8 Å². The maximum absolute atomic E-state index is 13.0. The number of benzene rings is 1. The molecule has 0 amide bonds. The Labute approximate surface area is 170 Å². The number of nitrogens with one attached hydrogen (secondary N) is 2. The van der Waals surface area contributed by atoms with Gasteiger partial charge < -0.3 is 15.1 Å². The molecule has 1 aliphatic carbocycles. The first-order valence-corrected chi connectivity index (χ1v) is 8.92. The van der Waals surface area contributed by atoms with E-state index in [-0.39, 0.29) is 29.8 Å². The Morgan fingerprint density at radius 1 is 1.23 bits per heavy atom. The van der Waals surface area contributed by atoms with E-state index in [0.29, 0.717) is 11.9 Å². The molecule has 5 nitrogen and oxygen atoms in total. The molecule has 1 fully saturated rings. The second-order valence-corrected chi connectivity index (χ2v) is 6.38. The molecule has 1 aromatic carbocycles. The van der Waals surface area contributed by atoms with Crippen LogP contribution in [0.3, 0.4) is 0 Å². The smallest absolute Gasteiger partial charge is 0.226 e. The van der Waals surface area contributed by atoms with Crippen LogP contribution in [-0.2, 0) is 6.42 Å². The number of nitrogens with zero attached hydrogens (tertiary/aromatic N) is 2. The molecule has 1 aliphatic rings. The number of oxazole rings is 1. The van der Waals surface area contributed by atoms with Gasteiger partial charge in [0.15, 0.2) is 5.96 Å². The molecule has 0 saturated heterocycles. The van der Waals surface area contributed by atoms with Crippen molar-refractivity contribution in [2.24, 2.45) is 4.99 Å². The fraction of sp³-hybridized carbons (Fsp3) is 0.474. The standard InChI is InChI=1S/C19H25FN4O.HI/c1-21-19(24-16-5-3-2-4-6-16)22-12-11-17-13-25-18(23-17)14-7-9-15(20)10-8-14;/h7-10,13,16H,2-6,11-12H2,1H3,(H2,21,22,24);1H. The van der Waals surface area contributed by atoms with E-state index < -0.39 is 0 Å². The van der Waals surface area contributed by atoms with E-state index in [4.69, 9.17) is 4.42 Å². The number of halogens is 2. The molecule has 2 N–H and O–H groups in total. The molecular weight excluding hydrogens is 446 g/mol. The Kier molecular flexibility index (Phi) is 8.34. The van der Waals surface area contributed by atoms with Crippen molar-refractivity contribution in [2.75, 3.05) is 13.6 Å². The van der Waals surface area contributed by atoms with Crippen LogP contribution in [0.25, 0.3) is 11.5 Å². The van der Waals surface area contributed by atoms with E-state index >= 15 is 0 Å². The second kappa shape index (κ2) is 10.5. The highest BCUT2D eigenvalue weighted by molar-refractivity contribution is 14.0. The van der Waals surface area contributed by atoms with Crippen LogP contribution in [0.15, 0.2) is 39.9 Å². The van der Waals surface area contributed by atoms with Crippen molar-refractivity contribution in [1.82, 2.24) is 15.6 Å². The number of aromatic nitrogens is 1. The largest absolute Gasteiger partial charge is 0.444 e. The van der Waals surface area contributed by atoms with Crippen LogP contribution < -0.4 is 10.6 Å². The molecule has 0 bridgehead atoms. The van der Waals surface area contributed by atoms with Gasteiger partial charge in [0.1, 0.15) is 12.1 Å². The SMILES string of the molecule is CN=C(NCCc1coc(-c2ccc(F)cc2)n1)NC1CCCCC1.I. The highest BCUT2D eigenvalue weighted by Crippen LogP contribution is 2.19. The summed E-state index contributed by atoms with van der Waals surface area (Å²) in [4.78, 5) is 8.75. The van der Waals surface area contributed by atoms with Gasteiger partial charge in [-0.3, -0.25) is 4.99 Å². The third kappa shape index (κ3) is 5.96. The van der Waals surface area contributed by atoms with Crippen LogP contribution in [0.5, 0.6) is 0 Å². The van der Waals surface area contributed by atoms with E-state index in [1.807, 2.05) is 0 Å². The predicted octanol–water partition coefficient (Wildman–Crippen LogP) is 4.14. The number of guanidine groups is 1. The Balaban J connectivity index is 0.00000243. The maximum atomic E-state index is 13.0. The highest BCUT2D eigenvalue weighted by atomic mass is 127. The number of aliphatic imine (C=N–C) groups is 1. The van der Waals surface area contributed by atoms with Gasteiger partial charge in [-0.25, -0.2) is 9.37 Å². The van der Waals surface area contributed by atoms with Crippen molar-refractivity contribution in [3.63, 3.8) is 0 Å². The molecule has 1 saturated carbocycles. The zero-order valence-corrected chi connectivity index (χ0v) is 17.3. The van der Waals surface area contributed by atoms with Gasteiger partial charge in [0, 0.05) is 31.6 Å². The van der Waals surface area contributed by atoms with Crippen molar-refractivity contribution >= 4 is 29.9 Å². The zero-order valence-electron chi connectivity index (χ0n) is 15.0. The van der Waals surface area contributed by atoms with E-state index in [1.165, 1.54) is 44.2 Å². The molecule has 0 radical (unpaired) electrons. The monoisotopic (exact) mass is 472 g/mol. The summed E-state index contributed by atoms with van der Waals surface area (Å²) in [6, 6.07) is 6.67. The van der Waals surface area contributed by atoms with Crippen molar-refractivity contribution in [1.29, 1.82) is 0 Å². The predicted molar refractivity (Wildman–Crippen MR) is 112 cm³/mol. The summed E-state index contributed by atoms with van der Waals surface area (Å²) < 4.78 is 18.5. The molecule has 1 aromatic heterocycles. The molecule has 142 valence electrons. The van der Waals surface area contributed by atoms with Gasteiger partial charge >= 0.3 is 0 Å². The Morgan fingerprint density at radius 2 is 1.96 bits per heavy atom.